The van der Waals surface area contributed by atoms with Crippen LogP contribution in [0.3, 0.4) is 0 Å². The average Bonchev–Trinajstić information content (AvgIpc) is 3.11. The van der Waals surface area contributed by atoms with Gasteiger partial charge in [-0.15, -0.1) is 0 Å². The molecule has 6 heteroatoms. The number of aromatic nitrogens is 4. The fourth-order valence-electron chi connectivity index (χ4n) is 3.27. The molecule has 0 spiro atoms. The van der Waals surface area contributed by atoms with E-state index in [-0.39, 0.29) is 6.04 Å². The highest BCUT2D eigenvalue weighted by Gasteiger charge is 2.28. The van der Waals surface area contributed by atoms with Crippen molar-refractivity contribution in [1.29, 1.82) is 0 Å². The molecule has 1 aliphatic carbocycles. The third-order valence-corrected chi connectivity index (χ3v) is 4.38. The summed E-state index contributed by atoms with van der Waals surface area (Å²) >= 11 is 0. The van der Waals surface area contributed by atoms with Crippen molar-refractivity contribution >= 4 is 5.71 Å². The van der Waals surface area contributed by atoms with E-state index in [1.807, 2.05) is 10.8 Å². The van der Waals surface area contributed by atoms with E-state index >= 15 is 0 Å². The quantitative estimate of drug-likeness (QED) is 0.523. The lowest BCUT2D eigenvalue weighted by molar-refractivity contribution is 0.302. The smallest absolute Gasteiger partial charge is 0.0952 e. The van der Waals surface area contributed by atoms with E-state index in [0.717, 1.165) is 24.2 Å². The first kappa shape index (κ1) is 14.7. The zero-order valence-electron chi connectivity index (χ0n) is 12.5. The second-order valence-electron chi connectivity index (χ2n) is 5.79. The second-order valence-corrected chi connectivity index (χ2v) is 5.79. The normalized spacial score (nSPS) is 18.3. The second kappa shape index (κ2) is 7.15. The summed E-state index contributed by atoms with van der Waals surface area (Å²) < 4.78 is 2.00. The summed E-state index contributed by atoms with van der Waals surface area (Å²) in [5, 5.41) is 13.3. The molecule has 1 N–H and O–H groups in total. The third-order valence-electron chi connectivity index (χ3n) is 4.38. The zero-order chi connectivity index (χ0) is 15.2. The number of oxime groups is 1. The summed E-state index contributed by atoms with van der Waals surface area (Å²) in [4.78, 5) is 12.6. The largest absolute Gasteiger partial charge is 0.411 e. The lowest BCUT2D eigenvalue weighted by Gasteiger charge is -2.28. The van der Waals surface area contributed by atoms with Crippen molar-refractivity contribution in [2.45, 2.75) is 44.6 Å². The fourth-order valence-corrected chi connectivity index (χ4v) is 3.27. The van der Waals surface area contributed by atoms with Gasteiger partial charge in [0.2, 0.25) is 0 Å². The minimum absolute atomic E-state index is 0.0627. The number of rotatable bonds is 5. The van der Waals surface area contributed by atoms with Crippen LogP contribution >= 0.6 is 0 Å². The highest BCUT2D eigenvalue weighted by atomic mass is 16.4. The molecule has 0 aliphatic heterocycles. The van der Waals surface area contributed by atoms with Crippen molar-refractivity contribution in [3.05, 3.63) is 43.0 Å². The summed E-state index contributed by atoms with van der Waals surface area (Å²) in [6, 6.07) is -0.0627. The molecule has 22 heavy (non-hydrogen) atoms. The Balaban J connectivity index is 1.87. The number of hydrogen-bond donors (Lipinski definition) is 1. The number of hydrogen-bond acceptors (Lipinski definition) is 5. The Hall–Kier alpha value is -2.24. The van der Waals surface area contributed by atoms with Gasteiger partial charge in [0.25, 0.3) is 0 Å². The molecule has 3 rings (SSSR count). The maximum atomic E-state index is 9.64. The Morgan fingerprint density at radius 2 is 2.09 bits per heavy atom. The first-order valence-electron chi connectivity index (χ1n) is 7.82. The van der Waals surface area contributed by atoms with E-state index in [1.165, 1.54) is 19.3 Å². The lowest BCUT2D eigenvalue weighted by atomic mass is 9.82. The van der Waals surface area contributed by atoms with Crippen LogP contribution in [0.4, 0.5) is 0 Å². The highest BCUT2D eigenvalue weighted by molar-refractivity contribution is 5.90. The first-order valence-corrected chi connectivity index (χ1v) is 7.82. The first-order chi connectivity index (χ1) is 10.9. The van der Waals surface area contributed by atoms with Crippen LogP contribution < -0.4 is 0 Å². The van der Waals surface area contributed by atoms with E-state index in [2.05, 4.69) is 20.1 Å². The van der Waals surface area contributed by atoms with Crippen molar-refractivity contribution in [3.8, 4) is 0 Å². The number of nitrogens with zero attached hydrogens (tertiary/aromatic N) is 5. The van der Waals surface area contributed by atoms with Gasteiger partial charge in [0.05, 0.1) is 23.8 Å². The predicted molar refractivity (Wildman–Crippen MR) is 82.8 cm³/mol. The van der Waals surface area contributed by atoms with Crippen LogP contribution in [0.1, 0.15) is 43.8 Å². The number of imidazole rings is 1. The molecular formula is C16H21N5O. The van der Waals surface area contributed by atoms with Crippen LogP contribution in [-0.4, -0.2) is 30.4 Å². The molecule has 2 heterocycles. The Bertz CT molecular complexity index is 590. The third kappa shape index (κ3) is 3.32. The van der Waals surface area contributed by atoms with Gasteiger partial charge >= 0.3 is 0 Å². The van der Waals surface area contributed by atoms with Gasteiger partial charge in [-0.3, -0.25) is 9.97 Å². The van der Waals surface area contributed by atoms with Crippen molar-refractivity contribution in [2.75, 3.05) is 0 Å². The van der Waals surface area contributed by atoms with Crippen LogP contribution in [0.5, 0.6) is 0 Å². The minimum atomic E-state index is -0.0627. The van der Waals surface area contributed by atoms with Crippen molar-refractivity contribution in [2.24, 2.45) is 11.1 Å². The molecule has 116 valence electrons. The molecule has 0 amide bonds. The van der Waals surface area contributed by atoms with E-state index in [0.29, 0.717) is 12.3 Å². The Labute approximate surface area is 129 Å². The van der Waals surface area contributed by atoms with Gasteiger partial charge in [0, 0.05) is 43.3 Å². The molecule has 2 aromatic rings. The molecule has 1 aliphatic rings. The molecule has 6 nitrogen and oxygen atoms in total. The lowest BCUT2D eigenvalue weighted by Crippen LogP contribution is -2.29. The molecule has 1 atom stereocenters. The van der Waals surface area contributed by atoms with E-state index in [4.69, 9.17) is 0 Å². The van der Waals surface area contributed by atoms with E-state index in [9.17, 15) is 5.21 Å². The maximum absolute atomic E-state index is 9.64. The molecule has 0 aromatic carbocycles. The Morgan fingerprint density at radius 3 is 2.73 bits per heavy atom. The summed E-state index contributed by atoms with van der Waals surface area (Å²) in [5.41, 5.74) is 1.72. The van der Waals surface area contributed by atoms with E-state index < -0.39 is 0 Å². The van der Waals surface area contributed by atoms with Crippen LogP contribution in [-0.2, 0) is 6.42 Å². The summed E-state index contributed by atoms with van der Waals surface area (Å²) in [5.74, 6) is 0.336. The van der Waals surface area contributed by atoms with E-state index in [1.54, 1.807) is 31.1 Å². The highest BCUT2D eigenvalue weighted by Crippen LogP contribution is 2.30. The molecule has 0 bridgehead atoms. The van der Waals surface area contributed by atoms with Crippen molar-refractivity contribution in [3.63, 3.8) is 0 Å². The fraction of sp³-hybridized carbons (Fsp3) is 0.500. The maximum Gasteiger partial charge on any atom is 0.0952 e. The van der Waals surface area contributed by atoms with Gasteiger partial charge in [-0.1, -0.05) is 24.4 Å². The minimum Gasteiger partial charge on any atom is -0.411 e. The zero-order valence-corrected chi connectivity index (χ0v) is 12.5. The van der Waals surface area contributed by atoms with Crippen LogP contribution in [0.2, 0.25) is 0 Å². The van der Waals surface area contributed by atoms with Crippen molar-refractivity contribution < 1.29 is 5.21 Å². The van der Waals surface area contributed by atoms with Gasteiger partial charge < -0.3 is 9.77 Å². The summed E-state index contributed by atoms with van der Waals surface area (Å²) in [6.45, 7) is 0. The van der Waals surface area contributed by atoms with Crippen LogP contribution in [0.15, 0.2) is 42.5 Å². The van der Waals surface area contributed by atoms with Gasteiger partial charge in [-0.25, -0.2) is 4.98 Å². The van der Waals surface area contributed by atoms with Crippen LogP contribution in [0, 0.1) is 5.92 Å². The summed E-state index contributed by atoms with van der Waals surface area (Å²) in [7, 11) is 0. The standard InChI is InChI=1S/C16H21N5O/c22-20-16(13-4-2-1-3-5-13)15(21-9-8-18-12-21)10-14-11-17-6-7-19-14/h6-9,11-13,15,22H,1-5,10H2/b20-16-. The van der Waals surface area contributed by atoms with Gasteiger partial charge in [-0.2, -0.15) is 0 Å². The Kier molecular flexibility index (Phi) is 4.78. The van der Waals surface area contributed by atoms with Gasteiger partial charge in [-0.05, 0) is 12.8 Å². The average molecular weight is 299 g/mol. The SMILES string of the molecule is O/N=C(/C1CCCCC1)C(Cc1cnccn1)n1ccnc1. The topological polar surface area (TPSA) is 76.2 Å². The van der Waals surface area contributed by atoms with Crippen molar-refractivity contribution in [1.82, 2.24) is 19.5 Å². The predicted octanol–water partition coefficient (Wildman–Crippen LogP) is 2.87. The molecule has 0 radical (unpaired) electrons. The monoisotopic (exact) mass is 299 g/mol. The molecule has 1 saturated carbocycles. The molecule has 1 unspecified atom stereocenters. The van der Waals surface area contributed by atoms with Crippen LogP contribution in [0.25, 0.3) is 0 Å². The molecule has 1 fully saturated rings. The molecular weight excluding hydrogens is 278 g/mol. The Morgan fingerprint density at radius 1 is 1.23 bits per heavy atom. The summed E-state index contributed by atoms with van der Waals surface area (Å²) in [6.07, 6.45) is 17.1. The van der Waals surface area contributed by atoms with Gasteiger partial charge in [0.1, 0.15) is 0 Å². The van der Waals surface area contributed by atoms with Gasteiger partial charge in [0.15, 0.2) is 0 Å². The molecule has 2 aromatic heterocycles. The molecule has 0 saturated heterocycles.